The molecule has 0 aliphatic heterocycles. The third-order valence-corrected chi connectivity index (χ3v) is 7.50. The Morgan fingerprint density at radius 3 is 2.27 bits per heavy atom. The van der Waals surface area contributed by atoms with E-state index in [-0.39, 0.29) is 17.0 Å². The lowest BCUT2D eigenvalue weighted by molar-refractivity contribution is 0.378. The second-order valence-corrected chi connectivity index (χ2v) is 11.1. The van der Waals surface area contributed by atoms with Crippen LogP contribution in [0.15, 0.2) is 72.0 Å². The number of aromatic nitrogens is 2. The van der Waals surface area contributed by atoms with Crippen molar-refractivity contribution in [2.75, 3.05) is 0 Å². The van der Waals surface area contributed by atoms with Crippen molar-refractivity contribution in [3.63, 3.8) is 0 Å². The molecule has 0 radical (unpaired) electrons. The molecule has 0 saturated heterocycles. The van der Waals surface area contributed by atoms with Crippen LogP contribution in [0.2, 0.25) is 0 Å². The van der Waals surface area contributed by atoms with E-state index in [0.717, 1.165) is 29.7 Å². The molecule has 2 aromatic carbocycles. The predicted octanol–water partition coefficient (Wildman–Crippen LogP) is 4.15. The lowest BCUT2D eigenvalue weighted by Gasteiger charge is -2.27. The Labute approximate surface area is 201 Å². The zero-order valence-electron chi connectivity index (χ0n) is 19.0. The molecular formula is C25H30N4O2S2. The van der Waals surface area contributed by atoms with Gasteiger partial charge in [0, 0.05) is 12.1 Å². The van der Waals surface area contributed by atoms with Crippen LogP contribution in [0.25, 0.3) is 0 Å². The molecule has 4 rings (SSSR count). The van der Waals surface area contributed by atoms with Gasteiger partial charge >= 0.3 is 0 Å². The van der Waals surface area contributed by atoms with E-state index in [1.54, 1.807) is 6.20 Å². The van der Waals surface area contributed by atoms with Gasteiger partial charge in [-0.05, 0) is 50.0 Å². The average molecular weight is 483 g/mol. The molecule has 1 N–H and O–H groups in total. The first kappa shape index (κ1) is 23.4. The van der Waals surface area contributed by atoms with E-state index in [1.165, 1.54) is 0 Å². The molecule has 8 heteroatoms. The van der Waals surface area contributed by atoms with Crippen LogP contribution >= 0.6 is 12.2 Å². The molecule has 1 aromatic heterocycles. The zero-order chi connectivity index (χ0) is 23.4. The molecule has 1 saturated carbocycles. The Morgan fingerprint density at radius 1 is 1.09 bits per heavy atom. The summed E-state index contributed by atoms with van der Waals surface area (Å²) in [5.41, 5.74) is 2.61. The van der Waals surface area contributed by atoms with Gasteiger partial charge in [0.25, 0.3) is 0 Å². The van der Waals surface area contributed by atoms with Crippen molar-refractivity contribution in [1.29, 1.82) is 0 Å². The van der Waals surface area contributed by atoms with E-state index < -0.39 is 9.84 Å². The molecule has 33 heavy (non-hydrogen) atoms. The van der Waals surface area contributed by atoms with Crippen LogP contribution in [0.4, 0.5) is 0 Å². The van der Waals surface area contributed by atoms with Crippen LogP contribution in [0.3, 0.4) is 0 Å². The van der Waals surface area contributed by atoms with Crippen molar-refractivity contribution in [2.24, 2.45) is 0 Å². The van der Waals surface area contributed by atoms with Crippen LogP contribution in [-0.2, 0) is 28.7 Å². The monoisotopic (exact) mass is 482 g/mol. The highest BCUT2D eigenvalue weighted by Crippen LogP contribution is 2.29. The number of benzene rings is 2. The number of nitrogens with one attached hydrogen (secondary N) is 1. The summed E-state index contributed by atoms with van der Waals surface area (Å²) in [5.74, 6) is -0.0846. The third kappa shape index (κ3) is 6.00. The highest BCUT2D eigenvalue weighted by molar-refractivity contribution is 7.90. The van der Waals surface area contributed by atoms with Gasteiger partial charge < -0.3 is 14.8 Å². The van der Waals surface area contributed by atoms with E-state index in [9.17, 15) is 8.42 Å². The minimum Gasteiger partial charge on any atom is -0.360 e. The first-order valence-electron chi connectivity index (χ1n) is 11.3. The van der Waals surface area contributed by atoms with Crippen molar-refractivity contribution < 1.29 is 8.42 Å². The second-order valence-electron chi connectivity index (χ2n) is 8.81. The number of hydrogen-bond acceptors (Lipinski definition) is 4. The number of rotatable bonds is 9. The van der Waals surface area contributed by atoms with Gasteiger partial charge in [-0.2, -0.15) is 0 Å². The largest absolute Gasteiger partial charge is 0.360 e. The molecule has 1 aliphatic rings. The van der Waals surface area contributed by atoms with Gasteiger partial charge in [-0.3, -0.25) is 0 Å². The molecular weight excluding hydrogens is 452 g/mol. The Bertz CT molecular complexity index is 1190. The average Bonchev–Trinajstić information content (AvgIpc) is 3.53. The number of thiocarbonyl (C=S) groups is 1. The highest BCUT2D eigenvalue weighted by atomic mass is 32.2. The predicted molar refractivity (Wildman–Crippen MR) is 135 cm³/mol. The maximum absolute atomic E-state index is 13.4. The number of sulfone groups is 1. The summed E-state index contributed by atoms with van der Waals surface area (Å²) in [5, 5.41) is 4.14. The fourth-order valence-corrected chi connectivity index (χ4v) is 5.76. The Balaban J connectivity index is 1.68. The Kier molecular flexibility index (Phi) is 7.14. The van der Waals surface area contributed by atoms with E-state index in [2.05, 4.69) is 29.0 Å². The maximum atomic E-state index is 13.4. The smallest absolute Gasteiger partial charge is 0.228 e. The lowest BCUT2D eigenvalue weighted by atomic mass is 10.2. The Hall–Kier alpha value is -2.71. The van der Waals surface area contributed by atoms with Crippen LogP contribution in [0.1, 0.15) is 43.5 Å². The Morgan fingerprint density at radius 2 is 1.70 bits per heavy atom. The summed E-state index contributed by atoms with van der Waals surface area (Å²) >= 11 is 5.67. The van der Waals surface area contributed by atoms with E-state index >= 15 is 0 Å². The van der Waals surface area contributed by atoms with Crippen LogP contribution in [0.5, 0.6) is 0 Å². The summed E-state index contributed by atoms with van der Waals surface area (Å²) in [4.78, 5) is 6.59. The minimum atomic E-state index is -3.64. The van der Waals surface area contributed by atoms with Gasteiger partial charge in [0.05, 0.1) is 30.7 Å². The normalized spacial score (nSPS) is 13.8. The number of hydrogen-bond donors (Lipinski definition) is 1. The highest BCUT2D eigenvalue weighted by Gasteiger charge is 2.33. The van der Waals surface area contributed by atoms with Crippen molar-refractivity contribution >= 4 is 27.2 Å². The van der Waals surface area contributed by atoms with Crippen LogP contribution in [-0.4, -0.2) is 40.1 Å². The summed E-state index contributed by atoms with van der Waals surface area (Å²) in [6, 6.07) is 19.7. The summed E-state index contributed by atoms with van der Waals surface area (Å²) in [7, 11) is -3.64. The number of nitrogens with zero attached hydrogens (tertiary/aromatic N) is 3. The molecule has 1 heterocycles. The SMILES string of the molecule is CC(C)NC(=S)N(Cc1cnc(S(=O)(=O)Cc2ccccc2)n1Cc1ccccc1)C1CC1. The van der Waals surface area contributed by atoms with Gasteiger partial charge in [-0.25, -0.2) is 13.4 Å². The lowest BCUT2D eigenvalue weighted by Crippen LogP contribution is -2.43. The van der Waals surface area contributed by atoms with Crippen molar-refractivity contribution in [2.45, 2.75) is 62.8 Å². The van der Waals surface area contributed by atoms with E-state index in [0.29, 0.717) is 24.2 Å². The van der Waals surface area contributed by atoms with Gasteiger partial charge in [0.1, 0.15) is 0 Å². The van der Waals surface area contributed by atoms with Gasteiger partial charge in [0.15, 0.2) is 5.11 Å². The van der Waals surface area contributed by atoms with Gasteiger partial charge in [0.2, 0.25) is 15.0 Å². The first-order chi connectivity index (χ1) is 15.8. The minimum absolute atomic E-state index is 0.0846. The second kappa shape index (κ2) is 10.1. The molecule has 0 atom stereocenters. The molecule has 1 aliphatic carbocycles. The molecule has 174 valence electrons. The first-order valence-corrected chi connectivity index (χ1v) is 13.3. The van der Waals surface area contributed by atoms with Crippen molar-refractivity contribution in [3.8, 4) is 0 Å². The topological polar surface area (TPSA) is 67.2 Å². The molecule has 0 spiro atoms. The molecule has 6 nitrogen and oxygen atoms in total. The van der Waals surface area contributed by atoms with Crippen molar-refractivity contribution in [3.05, 3.63) is 83.7 Å². The van der Waals surface area contributed by atoms with Gasteiger partial charge in [-0.1, -0.05) is 60.7 Å². The number of imidazole rings is 1. The molecule has 3 aromatic rings. The molecule has 0 amide bonds. The van der Waals surface area contributed by atoms with E-state index in [1.807, 2.05) is 65.2 Å². The maximum Gasteiger partial charge on any atom is 0.228 e. The fraction of sp³-hybridized carbons (Fsp3) is 0.360. The fourth-order valence-electron chi connectivity index (χ4n) is 3.82. The third-order valence-electron chi connectivity index (χ3n) is 5.56. The molecule has 1 fully saturated rings. The zero-order valence-corrected chi connectivity index (χ0v) is 20.6. The van der Waals surface area contributed by atoms with Crippen LogP contribution in [0, 0.1) is 0 Å². The molecule has 0 unspecified atom stereocenters. The quantitative estimate of drug-likeness (QED) is 0.462. The summed E-state index contributed by atoms with van der Waals surface area (Å²) in [6.45, 7) is 5.07. The van der Waals surface area contributed by atoms with E-state index in [4.69, 9.17) is 12.2 Å². The molecule has 0 bridgehead atoms. The summed E-state index contributed by atoms with van der Waals surface area (Å²) < 4.78 is 28.6. The standard InChI is InChI=1S/C25H30N4O2S2/c1-19(2)27-24(32)28(22-13-14-22)17-23-15-26-25(29(23)16-20-9-5-3-6-10-20)33(30,31)18-21-11-7-4-8-12-21/h3-12,15,19,22H,13-14,16-18H2,1-2H3,(H,27,32). The van der Waals surface area contributed by atoms with Crippen molar-refractivity contribution in [1.82, 2.24) is 19.8 Å². The van der Waals surface area contributed by atoms with Crippen LogP contribution < -0.4 is 5.32 Å². The summed E-state index contributed by atoms with van der Waals surface area (Å²) in [6.07, 6.45) is 3.87. The van der Waals surface area contributed by atoms with Gasteiger partial charge in [-0.15, -0.1) is 0 Å².